The lowest BCUT2D eigenvalue weighted by atomic mass is 10.1. The van der Waals surface area contributed by atoms with Gasteiger partial charge in [-0.3, -0.25) is 14.9 Å². The van der Waals surface area contributed by atoms with E-state index in [9.17, 15) is 14.9 Å². The van der Waals surface area contributed by atoms with E-state index in [2.05, 4.69) is 15.4 Å². The Morgan fingerprint density at radius 2 is 2.00 bits per heavy atom. The fraction of sp³-hybridized carbons (Fsp3) is 0.222. The number of nitrogens with zero attached hydrogens (tertiary/aromatic N) is 3. The van der Waals surface area contributed by atoms with E-state index in [1.165, 1.54) is 24.4 Å². The van der Waals surface area contributed by atoms with Gasteiger partial charge in [0.2, 0.25) is 0 Å². The number of amides is 1. The lowest BCUT2D eigenvalue weighted by molar-refractivity contribution is -0.384. The first-order chi connectivity index (χ1) is 12.5. The van der Waals surface area contributed by atoms with Crippen LogP contribution in [0.2, 0.25) is 5.02 Å². The molecule has 0 radical (unpaired) electrons. The van der Waals surface area contributed by atoms with Crippen molar-refractivity contribution in [1.29, 1.82) is 0 Å². The standard InChI is InChI=1S/C18H17ClN4O3/c19-15-5-3-4-13(10-15)18(24)21-20-12-14-11-16(23(25)26)6-7-17(14)22-8-1-2-9-22/h3-7,10-12H,1-2,8-9H2,(H,21,24)/b20-12-. The molecule has 0 atom stereocenters. The maximum Gasteiger partial charge on any atom is 0.271 e. The molecule has 0 unspecified atom stereocenters. The minimum absolute atomic E-state index is 0.0180. The van der Waals surface area contributed by atoms with Gasteiger partial charge in [0.1, 0.15) is 0 Å². The van der Waals surface area contributed by atoms with Gasteiger partial charge in [0.05, 0.1) is 11.1 Å². The van der Waals surface area contributed by atoms with E-state index >= 15 is 0 Å². The van der Waals surface area contributed by atoms with Crippen molar-refractivity contribution in [3.63, 3.8) is 0 Å². The number of benzene rings is 2. The molecule has 0 bridgehead atoms. The first-order valence-electron chi connectivity index (χ1n) is 8.17. The molecule has 134 valence electrons. The van der Waals surface area contributed by atoms with Crippen molar-refractivity contribution in [2.75, 3.05) is 18.0 Å². The van der Waals surface area contributed by atoms with E-state index < -0.39 is 10.8 Å². The molecule has 26 heavy (non-hydrogen) atoms. The monoisotopic (exact) mass is 372 g/mol. The van der Waals surface area contributed by atoms with Crippen LogP contribution in [0, 0.1) is 10.1 Å². The fourth-order valence-electron chi connectivity index (χ4n) is 2.86. The quantitative estimate of drug-likeness (QED) is 0.493. The molecule has 0 spiro atoms. The van der Waals surface area contributed by atoms with Crippen molar-refractivity contribution < 1.29 is 9.72 Å². The Morgan fingerprint density at radius 3 is 2.69 bits per heavy atom. The summed E-state index contributed by atoms with van der Waals surface area (Å²) in [4.78, 5) is 24.9. The molecule has 7 nitrogen and oxygen atoms in total. The summed E-state index contributed by atoms with van der Waals surface area (Å²) in [5, 5.41) is 15.5. The highest BCUT2D eigenvalue weighted by molar-refractivity contribution is 6.30. The topological polar surface area (TPSA) is 87.8 Å². The third-order valence-electron chi connectivity index (χ3n) is 4.13. The Balaban J connectivity index is 1.80. The second kappa shape index (κ2) is 7.97. The summed E-state index contributed by atoms with van der Waals surface area (Å²) in [6.07, 6.45) is 3.60. The minimum Gasteiger partial charge on any atom is -0.371 e. The second-order valence-electron chi connectivity index (χ2n) is 5.90. The van der Waals surface area contributed by atoms with Gasteiger partial charge in [-0.2, -0.15) is 5.10 Å². The molecule has 0 aromatic heterocycles. The van der Waals surface area contributed by atoms with Crippen LogP contribution in [0.25, 0.3) is 0 Å². The number of carbonyl (C=O) groups is 1. The number of nitro benzene ring substituents is 1. The van der Waals surface area contributed by atoms with Gasteiger partial charge >= 0.3 is 0 Å². The molecular weight excluding hydrogens is 356 g/mol. The van der Waals surface area contributed by atoms with Gasteiger partial charge in [0.15, 0.2) is 0 Å². The highest BCUT2D eigenvalue weighted by Gasteiger charge is 2.18. The molecular formula is C18H17ClN4O3. The van der Waals surface area contributed by atoms with Crippen molar-refractivity contribution >= 4 is 35.1 Å². The molecule has 3 rings (SSSR count). The van der Waals surface area contributed by atoms with Gasteiger partial charge in [-0.15, -0.1) is 0 Å². The van der Waals surface area contributed by atoms with Crippen LogP contribution in [0.3, 0.4) is 0 Å². The van der Waals surface area contributed by atoms with Crippen LogP contribution < -0.4 is 10.3 Å². The number of rotatable bonds is 5. The molecule has 0 saturated carbocycles. The number of halogens is 1. The minimum atomic E-state index is -0.449. The predicted molar refractivity (Wildman–Crippen MR) is 101 cm³/mol. The summed E-state index contributed by atoms with van der Waals surface area (Å²) < 4.78 is 0. The van der Waals surface area contributed by atoms with Gasteiger partial charge in [-0.25, -0.2) is 5.43 Å². The van der Waals surface area contributed by atoms with Crippen molar-refractivity contribution in [1.82, 2.24) is 5.43 Å². The summed E-state index contributed by atoms with van der Waals surface area (Å²) in [6.45, 7) is 1.79. The van der Waals surface area contributed by atoms with Gasteiger partial charge in [0, 0.05) is 47.1 Å². The van der Waals surface area contributed by atoms with Gasteiger partial charge in [0.25, 0.3) is 11.6 Å². The Bertz CT molecular complexity index is 863. The van der Waals surface area contributed by atoms with Crippen molar-refractivity contribution in [3.8, 4) is 0 Å². The van der Waals surface area contributed by atoms with Crippen LogP contribution >= 0.6 is 11.6 Å². The largest absolute Gasteiger partial charge is 0.371 e. The molecule has 8 heteroatoms. The summed E-state index contributed by atoms with van der Waals surface area (Å²) in [5.74, 6) is -0.406. The first kappa shape index (κ1) is 17.9. The number of anilines is 1. The van der Waals surface area contributed by atoms with Gasteiger partial charge in [-0.05, 0) is 37.1 Å². The highest BCUT2D eigenvalue weighted by atomic mass is 35.5. The Morgan fingerprint density at radius 1 is 1.23 bits per heavy atom. The predicted octanol–water partition coefficient (Wildman–Crippen LogP) is 3.61. The average molecular weight is 373 g/mol. The zero-order valence-corrected chi connectivity index (χ0v) is 14.6. The Kier molecular flexibility index (Phi) is 5.48. The van der Waals surface area contributed by atoms with E-state index in [4.69, 9.17) is 11.6 Å². The zero-order valence-electron chi connectivity index (χ0n) is 13.9. The van der Waals surface area contributed by atoms with E-state index in [-0.39, 0.29) is 5.69 Å². The molecule has 1 aliphatic heterocycles. The molecule has 1 aliphatic rings. The summed E-state index contributed by atoms with van der Waals surface area (Å²) in [5.41, 5.74) is 4.25. The number of nitrogens with one attached hydrogen (secondary N) is 1. The van der Waals surface area contributed by atoms with Crippen LogP contribution in [0.5, 0.6) is 0 Å². The van der Waals surface area contributed by atoms with Crippen LogP contribution in [0.15, 0.2) is 47.6 Å². The van der Waals surface area contributed by atoms with Crippen LogP contribution in [-0.2, 0) is 0 Å². The fourth-order valence-corrected chi connectivity index (χ4v) is 3.05. The third-order valence-corrected chi connectivity index (χ3v) is 4.36. The first-order valence-corrected chi connectivity index (χ1v) is 8.55. The van der Waals surface area contributed by atoms with E-state index in [0.717, 1.165) is 31.6 Å². The van der Waals surface area contributed by atoms with Gasteiger partial charge < -0.3 is 4.90 Å². The lowest BCUT2D eigenvalue weighted by Gasteiger charge is -2.19. The molecule has 0 aliphatic carbocycles. The molecule has 2 aromatic carbocycles. The smallest absolute Gasteiger partial charge is 0.271 e. The summed E-state index contributed by atoms with van der Waals surface area (Å²) in [6, 6.07) is 11.2. The normalized spacial score (nSPS) is 14.0. The number of hydrogen-bond donors (Lipinski definition) is 1. The van der Waals surface area contributed by atoms with Crippen molar-refractivity contribution in [2.45, 2.75) is 12.8 Å². The molecule has 2 aromatic rings. The highest BCUT2D eigenvalue weighted by Crippen LogP contribution is 2.27. The van der Waals surface area contributed by atoms with Gasteiger partial charge in [-0.1, -0.05) is 17.7 Å². The number of hydrazone groups is 1. The SMILES string of the molecule is O=C(N/N=C\c1cc([N+](=O)[O-])ccc1N1CCCC1)c1cccc(Cl)c1. The van der Waals surface area contributed by atoms with Crippen molar-refractivity contribution in [2.24, 2.45) is 5.10 Å². The Hall–Kier alpha value is -2.93. The summed E-state index contributed by atoms with van der Waals surface area (Å²) >= 11 is 5.87. The number of hydrogen-bond acceptors (Lipinski definition) is 5. The zero-order chi connectivity index (χ0) is 18.5. The van der Waals surface area contributed by atoms with Crippen molar-refractivity contribution in [3.05, 3.63) is 68.7 Å². The van der Waals surface area contributed by atoms with Crippen LogP contribution in [0.1, 0.15) is 28.8 Å². The second-order valence-corrected chi connectivity index (χ2v) is 6.34. The van der Waals surface area contributed by atoms with Crippen LogP contribution in [-0.4, -0.2) is 30.1 Å². The average Bonchev–Trinajstić information content (AvgIpc) is 3.16. The molecule has 1 amide bonds. The molecule has 1 fully saturated rings. The Labute approximate surface area is 155 Å². The van der Waals surface area contributed by atoms with E-state index in [0.29, 0.717) is 16.1 Å². The summed E-state index contributed by atoms with van der Waals surface area (Å²) in [7, 11) is 0. The molecule has 1 heterocycles. The number of non-ortho nitro benzene ring substituents is 1. The maximum absolute atomic E-state index is 12.1. The molecule has 1 saturated heterocycles. The maximum atomic E-state index is 12.1. The van der Waals surface area contributed by atoms with Crippen LogP contribution in [0.4, 0.5) is 11.4 Å². The molecule has 1 N–H and O–H groups in total. The number of nitro groups is 1. The van der Waals surface area contributed by atoms with E-state index in [1.54, 1.807) is 24.3 Å². The third kappa shape index (κ3) is 4.18. The number of carbonyl (C=O) groups excluding carboxylic acids is 1. The lowest BCUT2D eigenvalue weighted by Crippen LogP contribution is -2.20. The van der Waals surface area contributed by atoms with E-state index in [1.807, 2.05) is 0 Å².